The van der Waals surface area contributed by atoms with Crippen molar-refractivity contribution in [2.45, 2.75) is 18.9 Å². The molecule has 30 heavy (non-hydrogen) atoms. The fraction of sp³-hybridized carbons (Fsp3) is 0.238. The van der Waals surface area contributed by atoms with E-state index in [9.17, 15) is 9.59 Å². The maximum atomic E-state index is 13.1. The highest BCUT2D eigenvalue weighted by atomic mass is 35.5. The van der Waals surface area contributed by atoms with Crippen molar-refractivity contribution in [3.63, 3.8) is 0 Å². The molecule has 1 unspecified atom stereocenters. The molecule has 0 radical (unpaired) electrons. The molecule has 2 aromatic carbocycles. The minimum Gasteiger partial charge on any atom is -0.496 e. The Labute approximate surface area is 182 Å². The number of rotatable bonds is 5. The van der Waals surface area contributed by atoms with Gasteiger partial charge in [-0.25, -0.2) is 0 Å². The van der Waals surface area contributed by atoms with E-state index < -0.39 is 6.04 Å². The number of methoxy groups -OCH3 is 1. The third-order valence-corrected chi connectivity index (χ3v) is 6.01. The molecule has 2 amide bonds. The highest BCUT2D eigenvalue weighted by Crippen LogP contribution is 2.29. The lowest BCUT2D eigenvalue weighted by atomic mass is 10.1. The van der Waals surface area contributed by atoms with Crippen LogP contribution in [0.15, 0.2) is 48.5 Å². The van der Waals surface area contributed by atoms with E-state index in [0.29, 0.717) is 39.4 Å². The molecule has 7 nitrogen and oxygen atoms in total. The summed E-state index contributed by atoms with van der Waals surface area (Å²) in [4.78, 5) is 27.6. The number of nitrogens with zero attached hydrogens (tertiary/aromatic N) is 3. The molecule has 0 spiro atoms. The van der Waals surface area contributed by atoms with Gasteiger partial charge >= 0.3 is 0 Å². The Bertz CT molecular complexity index is 1070. The number of carbonyl (C=O) groups is 2. The summed E-state index contributed by atoms with van der Waals surface area (Å²) in [6.07, 6.45) is 1.31. The van der Waals surface area contributed by atoms with Gasteiger partial charge in [0.15, 0.2) is 0 Å². The molecule has 3 aromatic rings. The van der Waals surface area contributed by atoms with E-state index in [-0.39, 0.29) is 11.8 Å². The summed E-state index contributed by atoms with van der Waals surface area (Å²) in [7, 11) is 1.49. The van der Waals surface area contributed by atoms with Crippen LogP contribution in [-0.2, 0) is 4.79 Å². The summed E-state index contributed by atoms with van der Waals surface area (Å²) in [6.45, 7) is 0.484. The van der Waals surface area contributed by atoms with Gasteiger partial charge in [-0.1, -0.05) is 53.3 Å². The summed E-state index contributed by atoms with van der Waals surface area (Å²) in [6, 6.07) is 13.9. The summed E-state index contributed by atoms with van der Waals surface area (Å²) < 4.78 is 5.29. The number of benzene rings is 2. The molecule has 2 heterocycles. The molecule has 1 N–H and O–H groups in total. The third kappa shape index (κ3) is 4.15. The van der Waals surface area contributed by atoms with Crippen LogP contribution < -0.4 is 10.1 Å². The number of ether oxygens (including phenoxy) is 1. The second kappa shape index (κ2) is 8.81. The number of amides is 2. The molecule has 0 bridgehead atoms. The van der Waals surface area contributed by atoms with Crippen molar-refractivity contribution in [3.05, 3.63) is 59.1 Å². The number of aromatic nitrogens is 2. The number of anilines is 1. The number of halogens is 1. The van der Waals surface area contributed by atoms with Crippen LogP contribution in [0.5, 0.6) is 5.75 Å². The summed E-state index contributed by atoms with van der Waals surface area (Å²) in [5.74, 6) is -0.140. The predicted octanol–water partition coefficient (Wildman–Crippen LogP) is 4.11. The second-order valence-corrected chi connectivity index (χ2v) is 8.18. The average molecular weight is 443 g/mol. The Balaban J connectivity index is 1.50. The first-order valence-electron chi connectivity index (χ1n) is 9.41. The van der Waals surface area contributed by atoms with Gasteiger partial charge in [-0.2, -0.15) is 0 Å². The van der Waals surface area contributed by atoms with Crippen molar-refractivity contribution < 1.29 is 14.3 Å². The van der Waals surface area contributed by atoms with E-state index in [0.717, 1.165) is 12.0 Å². The van der Waals surface area contributed by atoms with Crippen LogP contribution in [0.4, 0.5) is 5.13 Å². The van der Waals surface area contributed by atoms with Gasteiger partial charge in [0, 0.05) is 17.1 Å². The maximum Gasteiger partial charge on any atom is 0.258 e. The zero-order chi connectivity index (χ0) is 21.1. The van der Waals surface area contributed by atoms with E-state index in [2.05, 4.69) is 15.5 Å². The molecule has 9 heteroatoms. The Hall–Kier alpha value is -2.97. The highest BCUT2D eigenvalue weighted by Gasteiger charge is 2.36. The van der Waals surface area contributed by atoms with Crippen LogP contribution in [0.2, 0.25) is 5.02 Å². The van der Waals surface area contributed by atoms with E-state index >= 15 is 0 Å². The number of hydrogen-bond acceptors (Lipinski definition) is 6. The summed E-state index contributed by atoms with van der Waals surface area (Å²) in [5.41, 5.74) is 1.27. The first-order chi connectivity index (χ1) is 14.6. The first-order valence-corrected chi connectivity index (χ1v) is 10.6. The largest absolute Gasteiger partial charge is 0.496 e. The number of carbonyl (C=O) groups excluding carboxylic acids is 2. The molecule has 154 valence electrons. The lowest BCUT2D eigenvalue weighted by molar-refractivity contribution is -0.119. The van der Waals surface area contributed by atoms with E-state index in [1.165, 1.54) is 18.4 Å². The highest BCUT2D eigenvalue weighted by molar-refractivity contribution is 7.18. The topological polar surface area (TPSA) is 84.4 Å². The van der Waals surface area contributed by atoms with Crippen molar-refractivity contribution in [3.8, 4) is 16.3 Å². The van der Waals surface area contributed by atoms with Crippen molar-refractivity contribution in [1.82, 2.24) is 15.1 Å². The van der Waals surface area contributed by atoms with Crippen LogP contribution in [0.1, 0.15) is 23.2 Å². The maximum absolute atomic E-state index is 13.1. The monoisotopic (exact) mass is 442 g/mol. The van der Waals surface area contributed by atoms with Gasteiger partial charge < -0.3 is 9.64 Å². The fourth-order valence-corrected chi connectivity index (χ4v) is 4.37. The SMILES string of the molecule is COc1ccc(Cl)cc1C(=O)N1CCCC1C(=O)Nc1nnc(-c2ccccc2)s1. The van der Waals surface area contributed by atoms with Gasteiger partial charge in [0.2, 0.25) is 11.0 Å². The Morgan fingerprint density at radius 1 is 1.20 bits per heavy atom. The Kier molecular flexibility index (Phi) is 5.96. The molecule has 1 atom stereocenters. The molecule has 0 aliphatic carbocycles. The molecule has 1 aromatic heterocycles. The fourth-order valence-electron chi connectivity index (χ4n) is 3.44. The summed E-state index contributed by atoms with van der Waals surface area (Å²) >= 11 is 7.36. The standard InChI is InChI=1S/C21H19ClN4O3S/c1-29-17-10-9-14(22)12-15(17)20(28)26-11-5-8-16(26)18(27)23-21-25-24-19(30-21)13-6-3-2-4-7-13/h2-4,6-7,9-10,12,16H,5,8,11H2,1H3,(H,23,25,27). The van der Waals surface area contributed by atoms with E-state index in [1.807, 2.05) is 30.3 Å². The van der Waals surface area contributed by atoms with Crippen LogP contribution in [0, 0.1) is 0 Å². The van der Waals surface area contributed by atoms with Gasteiger partial charge in [0.1, 0.15) is 16.8 Å². The zero-order valence-corrected chi connectivity index (χ0v) is 17.7. The number of likely N-dealkylation sites (tertiary alicyclic amines) is 1. The molecule has 1 fully saturated rings. The lowest BCUT2D eigenvalue weighted by Gasteiger charge is -2.24. The summed E-state index contributed by atoms with van der Waals surface area (Å²) in [5, 5.41) is 12.6. The molecular formula is C21H19ClN4O3S. The lowest BCUT2D eigenvalue weighted by Crippen LogP contribution is -2.43. The molecule has 1 saturated heterocycles. The minimum absolute atomic E-state index is 0.280. The Morgan fingerprint density at radius 3 is 2.77 bits per heavy atom. The molecular weight excluding hydrogens is 424 g/mol. The second-order valence-electron chi connectivity index (χ2n) is 6.77. The van der Waals surface area contributed by atoms with Crippen LogP contribution in [-0.4, -0.2) is 46.6 Å². The van der Waals surface area contributed by atoms with E-state index in [1.54, 1.807) is 23.1 Å². The Morgan fingerprint density at radius 2 is 2.00 bits per heavy atom. The molecule has 1 aliphatic heterocycles. The third-order valence-electron chi connectivity index (χ3n) is 4.88. The number of nitrogens with one attached hydrogen (secondary N) is 1. The van der Waals surface area contributed by atoms with Gasteiger partial charge in [0.05, 0.1) is 12.7 Å². The zero-order valence-electron chi connectivity index (χ0n) is 16.2. The van der Waals surface area contributed by atoms with Crippen molar-refractivity contribution in [1.29, 1.82) is 0 Å². The van der Waals surface area contributed by atoms with Crippen molar-refractivity contribution >= 4 is 39.9 Å². The van der Waals surface area contributed by atoms with E-state index in [4.69, 9.17) is 16.3 Å². The van der Waals surface area contributed by atoms with Crippen LogP contribution >= 0.6 is 22.9 Å². The van der Waals surface area contributed by atoms with Crippen LogP contribution in [0.25, 0.3) is 10.6 Å². The molecule has 1 aliphatic rings. The molecule has 4 rings (SSSR count). The smallest absolute Gasteiger partial charge is 0.258 e. The normalized spacial score (nSPS) is 15.8. The van der Waals surface area contributed by atoms with Gasteiger partial charge in [-0.15, -0.1) is 10.2 Å². The van der Waals surface area contributed by atoms with Crippen molar-refractivity contribution in [2.24, 2.45) is 0 Å². The number of hydrogen-bond donors (Lipinski definition) is 1. The van der Waals surface area contributed by atoms with Crippen molar-refractivity contribution in [2.75, 3.05) is 19.0 Å². The quantitative estimate of drug-likeness (QED) is 0.642. The van der Waals surface area contributed by atoms with Gasteiger partial charge in [0.25, 0.3) is 5.91 Å². The van der Waals surface area contributed by atoms with Gasteiger partial charge in [-0.3, -0.25) is 14.9 Å². The van der Waals surface area contributed by atoms with Gasteiger partial charge in [-0.05, 0) is 31.0 Å². The molecule has 0 saturated carbocycles. The van der Waals surface area contributed by atoms with Crippen LogP contribution in [0.3, 0.4) is 0 Å². The first kappa shape index (κ1) is 20.3. The predicted molar refractivity (Wildman–Crippen MR) is 116 cm³/mol. The average Bonchev–Trinajstić information content (AvgIpc) is 3.43. The minimum atomic E-state index is -0.592.